The zero-order valence-corrected chi connectivity index (χ0v) is 12.7. The van der Waals surface area contributed by atoms with Gasteiger partial charge < -0.3 is 15.2 Å². The summed E-state index contributed by atoms with van der Waals surface area (Å²) < 4.78 is 5.22. The van der Waals surface area contributed by atoms with Crippen LogP contribution in [0.3, 0.4) is 0 Å². The topological polar surface area (TPSA) is 41.5 Å². The maximum absolute atomic E-state index is 9.99. The minimum atomic E-state index is -0.312. The summed E-state index contributed by atoms with van der Waals surface area (Å²) >= 11 is 0. The number of aliphatic hydroxyl groups excluding tert-OH is 1. The third kappa shape index (κ3) is 6.08. The van der Waals surface area contributed by atoms with Gasteiger partial charge in [0.1, 0.15) is 5.75 Å². The van der Waals surface area contributed by atoms with Crippen LogP contribution in [0.25, 0.3) is 0 Å². The summed E-state index contributed by atoms with van der Waals surface area (Å²) in [6, 6.07) is 8.21. The normalized spacial score (nSPS) is 15.1. The van der Waals surface area contributed by atoms with Crippen LogP contribution in [0.2, 0.25) is 0 Å². The van der Waals surface area contributed by atoms with Gasteiger partial charge in [-0.2, -0.15) is 0 Å². The van der Waals surface area contributed by atoms with Crippen LogP contribution < -0.4 is 10.1 Å². The van der Waals surface area contributed by atoms with Crippen LogP contribution in [0.5, 0.6) is 5.75 Å². The van der Waals surface area contributed by atoms with E-state index in [4.69, 9.17) is 4.74 Å². The molecule has 0 saturated heterocycles. The first kappa shape index (κ1) is 16.0. The largest absolute Gasteiger partial charge is 0.497 e. The molecule has 0 bridgehead atoms. The van der Waals surface area contributed by atoms with Gasteiger partial charge in [0.2, 0.25) is 0 Å². The van der Waals surface area contributed by atoms with Gasteiger partial charge in [-0.05, 0) is 36.5 Å². The Morgan fingerprint density at radius 1 is 1.32 bits per heavy atom. The highest BCUT2D eigenvalue weighted by atomic mass is 16.5. The van der Waals surface area contributed by atoms with E-state index in [0.717, 1.165) is 12.2 Å². The monoisotopic (exact) mass is 265 g/mol. The van der Waals surface area contributed by atoms with E-state index in [1.165, 1.54) is 5.56 Å². The van der Waals surface area contributed by atoms with Gasteiger partial charge >= 0.3 is 0 Å². The summed E-state index contributed by atoms with van der Waals surface area (Å²) in [7, 11) is 1.67. The Bertz CT molecular complexity index is 385. The van der Waals surface area contributed by atoms with E-state index in [1.54, 1.807) is 7.11 Å². The molecule has 108 valence electrons. The molecule has 2 N–H and O–H groups in total. The molecular weight excluding hydrogens is 238 g/mol. The lowest BCUT2D eigenvalue weighted by Gasteiger charge is -2.24. The van der Waals surface area contributed by atoms with E-state index >= 15 is 0 Å². The standard InChI is InChI=1S/C16H27NO2/c1-12(13-7-6-8-15(9-13)19-5)17-11-14(18)10-16(2,3)4/h6-9,12,14,17-18H,10-11H2,1-5H3. The number of benzene rings is 1. The molecule has 1 rings (SSSR count). The van der Waals surface area contributed by atoms with E-state index in [2.05, 4.69) is 39.1 Å². The van der Waals surface area contributed by atoms with Gasteiger partial charge in [-0.3, -0.25) is 0 Å². The first-order valence-electron chi connectivity index (χ1n) is 6.87. The van der Waals surface area contributed by atoms with Crippen molar-refractivity contribution in [2.45, 2.75) is 46.3 Å². The summed E-state index contributed by atoms with van der Waals surface area (Å²) in [5.41, 5.74) is 1.32. The van der Waals surface area contributed by atoms with Crippen molar-refractivity contribution in [2.75, 3.05) is 13.7 Å². The van der Waals surface area contributed by atoms with E-state index in [1.807, 2.05) is 18.2 Å². The summed E-state index contributed by atoms with van der Waals surface area (Å²) in [4.78, 5) is 0. The smallest absolute Gasteiger partial charge is 0.119 e. The molecule has 1 aromatic carbocycles. The zero-order chi connectivity index (χ0) is 14.5. The maximum Gasteiger partial charge on any atom is 0.119 e. The lowest BCUT2D eigenvalue weighted by Crippen LogP contribution is -2.31. The molecule has 0 aliphatic heterocycles. The predicted molar refractivity (Wildman–Crippen MR) is 79.5 cm³/mol. The highest BCUT2D eigenvalue weighted by Crippen LogP contribution is 2.22. The Kier molecular flexibility index (Phi) is 5.83. The second kappa shape index (κ2) is 6.92. The highest BCUT2D eigenvalue weighted by Gasteiger charge is 2.17. The summed E-state index contributed by atoms with van der Waals surface area (Å²) in [6.45, 7) is 9.12. The first-order valence-corrected chi connectivity index (χ1v) is 6.87. The van der Waals surface area contributed by atoms with Gasteiger partial charge in [0.05, 0.1) is 13.2 Å². The zero-order valence-electron chi connectivity index (χ0n) is 12.7. The Balaban J connectivity index is 2.48. The van der Waals surface area contributed by atoms with Crippen LogP contribution in [0.4, 0.5) is 0 Å². The second-order valence-electron chi connectivity index (χ2n) is 6.33. The van der Waals surface area contributed by atoms with Crippen LogP contribution >= 0.6 is 0 Å². The Labute approximate surface area is 117 Å². The number of methoxy groups -OCH3 is 1. The van der Waals surface area contributed by atoms with Crippen molar-refractivity contribution in [2.24, 2.45) is 5.41 Å². The molecule has 19 heavy (non-hydrogen) atoms. The van der Waals surface area contributed by atoms with Gasteiger partial charge in [0.25, 0.3) is 0 Å². The van der Waals surface area contributed by atoms with Crippen LogP contribution in [0.15, 0.2) is 24.3 Å². The fourth-order valence-corrected chi connectivity index (χ4v) is 2.12. The Morgan fingerprint density at radius 2 is 2.00 bits per heavy atom. The molecule has 2 unspecified atom stereocenters. The van der Waals surface area contributed by atoms with Gasteiger partial charge in [0, 0.05) is 12.6 Å². The summed E-state index contributed by atoms with van der Waals surface area (Å²) in [6.07, 6.45) is 0.484. The van der Waals surface area contributed by atoms with Gasteiger partial charge in [-0.15, -0.1) is 0 Å². The third-order valence-corrected chi connectivity index (χ3v) is 3.10. The highest BCUT2D eigenvalue weighted by molar-refractivity contribution is 5.30. The predicted octanol–water partition coefficient (Wildman–Crippen LogP) is 3.14. The molecule has 0 aliphatic carbocycles. The van der Waals surface area contributed by atoms with Crippen molar-refractivity contribution in [1.29, 1.82) is 0 Å². The quantitative estimate of drug-likeness (QED) is 0.830. The van der Waals surface area contributed by atoms with Gasteiger partial charge in [0.15, 0.2) is 0 Å². The number of hydrogen-bond acceptors (Lipinski definition) is 3. The van der Waals surface area contributed by atoms with Gasteiger partial charge in [-0.25, -0.2) is 0 Å². The molecule has 2 atom stereocenters. The lowest BCUT2D eigenvalue weighted by atomic mass is 9.89. The fourth-order valence-electron chi connectivity index (χ4n) is 2.12. The van der Waals surface area contributed by atoms with Crippen LogP contribution in [0.1, 0.15) is 45.7 Å². The van der Waals surface area contributed by atoms with Crippen LogP contribution in [-0.4, -0.2) is 24.9 Å². The minimum absolute atomic E-state index is 0.153. The SMILES string of the molecule is COc1cccc(C(C)NCC(O)CC(C)(C)C)c1. The van der Waals surface area contributed by atoms with Crippen molar-refractivity contribution >= 4 is 0 Å². The van der Waals surface area contributed by atoms with E-state index < -0.39 is 0 Å². The van der Waals surface area contributed by atoms with E-state index in [0.29, 0.717) is 6.54 Å². The second-order valence-corrected chi connectivity index (χ2v) is 6.33. The molecule has 0 aromatic heterocycles. The molecule has 3 nitrogen and oxygen atoms in total. The van der Waals surface area contributed by atoms with Crippen molar-refractivity contribution in [3.63, 3.8) is 0 Å². The third-order valence-electron chi connectivity index (χ3n) is 3.10. The molecule has 0 radical (unpaired) electrons. The van der Waals surface area contributed by atoms with E-state index in [9.17, 15) is 5.11 Å². The summed E-state index contributed by atoms with van der Waals surface area (Å²) in [5.74, 6) is 0.862. The number of ether oxygens (including phenoxy) is 1. The number of nitrogens with one attached hydrogen (secondary N) is 1. The van der Waals surface area contributed by atoms with Crippen LogP contribution in [0, 0.1) is 5.41 Å². The molecule has 1 aromatic rings. The number of rotatable bonds is 6. The first-order chi connectivity index (χ1) is 8.81. The van der Waals surface area contributed by atoms with Crippen LogP contribution in [-0.2, 0) is 0 Å². The Hall–Kier alpha value is -1.06. The molecule has 0 spiro atoms. The van der Waals surface area contributed by atoms with E-state index in [-0.39, 0.29) is 17.6 Å². The molecule has 0 amide bonds. The lowest BCUT2D eigenvalue weighted by molar-refractivity contribution is 0.117. The number of hydrogen-bond donors (Lipinski definition) is 2. The number of aliphatic hydroxyl groups is 1. The average molecular weight is 265 g/mol. The molecule has 3 heteroatoms. The molecule has 0 heterocycles. The maximum atomic E-state index is 9.99. The van der Waals surface area contributed by atoms with Crippen molar-refractivity contribution in [3.8, 4) is 5.75 Å². The molecule has 0 saturated carbocycles. The average Bonchev–Trinajstić information content (AvgIpc) is 2.34. The fraction of sp³-hybridized carbons (Fsp3) is 0.625. The Morgan fingerprint density at radius 3 is 2.58 bits per heavy atom. The molecular formula is C16H27NO2. The molecule has 0 aliphatic rings. The molecule has 0 fully saturated rings. The minimum Gasteiger partial charge on any atom is -0.497 e. The summed E-state index contributed by atoms with van der Waals surface area (Å²) in [5, 5.41) is 13.4. The van der Waals surface area contributed by atoms with Gasteiger partial charge in [-0.1, -0.05) is 32.9 Å². The van der Waals surface area contributed by atoms with Crippen molar-refractivity contribution < 1.29 is 9.84 Å². The van der Waals surface area contributed by atoms with Crippen molar-refractivity contribution in [3.05, 3.63) is 29.8 Å². The van der Waals surface area contributed by atoms with Crippen molar-refractivity contribution in [1.82, 2.24) is 5.32 Å².